The average molecular weight is 298 g/mol. The number of nitrogens with zero attached hydrogens (tertiary/aromatic N) is 1. The minimum atomic E-state index is -2.86. The van der Waals surface area contributed by atoms with Crippen molar-refractivity contribution < 1.29 is 13.9 Å². The first-order valence-corrected chi connectivity index (χ1v) is 10.0. The molecular formula is C11H25NO2PS2+. The fourth-order valence-electron chi connectivity index (χ4n) is 2.49. The van der Waals surface area contributed by atoms with E-state index in [1.54, 1.807) is 0 Å². The van der Waals surface area contributed by atoms with Gasteiger partial charge in [-0.3, -0.25) is 0 Å². The van der Waals surface area contributed by atoms with Gasteiger partial charge in [0.15, 0.2) is 0 Å². The van der Waals surface area contributed by atoms with Crippen molar-refractivity contribution in [3.05, 3.63) is 0 Å². The first kappa shape index (κ1) is 15.9. The standard InChI is InChI=1S/C11H24NO2PS2/c1-12(2,3)9-11(14-15(13,16)17)10-7-5-4-6-8-10/h10-11H,4-9H2,1-3H3,(H-,13,16,17)/p+1. The Bertz CT molecular complexity index is 282. The lowest BCUT2D eigenvalue weighted by Gasteiger charge is -2.36. The molecule has 0 aromatic heterocycles. The molecule has 2 atom stereocenters. The Hall–Kier alpha value is 0.880. The quantitative estimate of drug-likeness (QED) is 0.465. The van der Waals surface area contributed by atoms with Gasteiger partial charge in [0.2, 0.25) is 5.69 Å². The van der Waals surface area contributed by atoms with Crippen LogP contribution in [0.25, 0.3) is 0 Å². The van der Waals surface area contributed by atoms with Gasteiger partial charge in [0.1, 0.15) is 12.6 Å². The zero-order chi connectivity index (χ0) is 13.1. The van der Waals surface area contributed by atoms with Gasteiger partial charge in [-0.05, 0) is 30.6 Å². The largest absolute Gasteiger partial charge is 0.338 e. The molecule has 1 rings (SSSR count). The van der Waals surface area contributed by atoms with Crippen molar-refractivity contribution in [2.24, 2.45) is 5.92 Å². The van der Waals surface area contributed by atoms with E-state index >= 15 is 0 Å². The maximum Gasteiger partial charge on any atom is 0.242 e. The maximum absolute atomic E-state index is 9.68. The molecule has 1 fully saturated rings. The Morgan fingerprint density at radius 3 is 2.29 bits per heavy atom. The van der Waals surface area contributed by atoms with Crippen LogP contribution in [0.4, 0.5) is 0 Å². The van der Waals surface area contributed by atoms with E-state index in [4.69, 9.17) is 16.3 Å². The van der Waals surface area contributed by atoms with E-state index in [2.05, 4.69) is 33.4 Å². The summed E-state index contributed by atoms with van der Waals surface area (Å²) in [6.45, 7) is 0.879. The Morgan fingerprint density at radius 1 is 1.35 bits per heavy atom. The summed E-state index contributed by atoms with van der Waals surface area (Å²) < 4.78 is 6.51. The van der Waals surface area contributed by atoms with E-state index in [-0.39, 0.29) is 6.10 Å². The summed E-state index contributed by atoms with van der Waals surface area (Å²) in [4.78, 5) is 9.68. The molecule has 0 aromatic carbocycles. The molecule has 0 aliphatic heterocycles. The molecule has 1 saturated carbocycles. The van der Waals surface area contributed by atoms with Gasteiger partial charge < -0.3 is 13.9 Å². The minimum absolute atomic E-state index is 0.0450. The Kier molecular flexibility index (Phi) is 5.96. The van der Waals surface area contributed by atoms with E-state index in [1.165, 1.54) is 32.1 Å². The van der Waals surface area contributed by atoms with Crippen LogP contribution in [-0.4, -0.2) is 43.2 Å². The summed E-state index contributed by atoms with van der Waals surface area (Å²) in [6.07, 6.45) is 6.28. The normalized spacial score (nSPS) is 24.3. The van der Waals surface area contributed by atoms with Gasteiger partial charge >= 0.3 is 0 Å². The van der Waals surface area contributed by atoms with Gasteiger partial charge in [-0.15, -0.1) is 0 Å². The highest BCUT2D eigenvalue weighted by Crippen LogP contribution is 2.50. The molecule has 3 nitrogen and oxygen atoms in total. The maximum atomic E-state index is 9.68. The zero-order valence-corrected chi connectivity index (χ0v) is 13.6. The van der Waals surface area contributed by atoms with Crippen LogP contribution in [0.2, 0.25) is 0 Å². The van der Waals surface area contributed by atoms with Crippen molar-refractivity contribution >= 4 is 29.7 Å². The van der Waals surface area contributed by atoms with Crippen molar-refractivity contribution in [1.82, 2.24) is 0 Å². The van der Waals surface area contributed by atoms with Crippen molar-refractivity contribution in [1.29, 1.82) is 0 Å². The first-order chi connectivity index (χ1) is 7.67. The monoisotopic (exact) mass is 298 g/mol. The fourth-order valence-corrected chi connectivity index (χ4v) is 3.78. The molecule has 1 aliphatic rings. The predicted molar refractivity (Wildman–Crippen MR) is 79.8 cm³/mol. The van der Waals surface area contributed by atoms with Crippen LogP contribution >= 0.6 is 17.9 Å². The highest BCUT2D eigenvalue weighted by Gasteiger charge is 2.31. The van der Waals surface area contributed by atoms with Gasteiger partial charge in [-0.2, -0.15) is 0 Å². The molecule has 0 aromatic rings. The first-order valence-electron chi connectivity index (χ1n) is 6.22. The number of thiol groups is 1. The molecule has 1 N–H and O–H groups in total. The second-order valence-electron chi connectivity index (χ2n) is 6.01. The van der Waals surface area contributed by atoms with Crippen molar-refractivity contribution in [3.8, 4) is 0 Å². The Balaban J connectivity index is 2.67. The summed E-state index contributed by atoms with van der Waals surface area (Å²) in [7, 11) is 6.41. The van der Waals surface area contributed by atoms with E-state index < -0.39 is 5.69 Å². The second kappa shape index (κ2) is 6.36. The molecule has 2 unspecified atom stereocenters. The molecule has 6 heteroatoms. The topological polar surface area (TPSA) is 29.5 Å². The molecule has 102 valence electrons. The lowest BCUT2D eigenvalue weighted by molar-refractivity contribution is -0.873. The number of rotatable bonds is 5. The van der Waals surface area contributed by atoms with Gasteiger partial charge in [-0.1, -0.05) is 31.5 Å². The third kappa shape index (κ3) is 7.14. The van der Waals surface area contributed by atoms with Crippen LogP contribution in [-0.2, 0) is 16.3 Å². The van der Waals surface area contributed by atoms with Crippen LogP contribution in [0.15, 0.2) is 0 Å². The van der Waals surface area contributed by atoms with E-state index in [0.29, 0.717) is 5.92 Å². The molecule has 0 bridgehead atoms. The Morgan fingerprint density at radius 2 is 1.88 bits per heavy atom. The van der Waals surface area contributed by atoms with Crippen LogP contribution in [0.5, 0.6) is 0 Å². The van der Waals surface area contributed by atoms with E-state index in [9.17, 15) is 4.89 Å². The van der Waals surface area contributed by atoms with Crippen LogP contribution in [0, 0.1) is 5.92 Å². The fraction of sp³-hybridized carbons (Fsp3) is 1.00. The Labute approximate surface area is 115 Å². The summed E-state index contributed by atoms with van der Waals surface area (Å²) >= 11 is 8.94. The van der Waals surface area contributed by atoms with E-state index in [1.807, 2.05) is 0 Å². The van der Waals surface area contributed by atoms with Crippen molar-refractivity contribution in [3.63, 3.8) is 0 Å². The average Bonchev–Trinajstić information content (AvgIpc) is 2.14. The van der Waals surface area contributed by atoms with Gasteiger partial charge in [0.25, 0.3) is 0 Å². The zero-order valence-electron chi connectivity index (χ0n) is 11.0. The third-order valence-corrected chi connectivity index (χ3v) is 4.26. The lowest BCUT2D eigenvalue weighted by atomic mass is 9.85. The van der Waals surface area contributed by atoms with Crippen LogP contribution < -0.4 is 0 Å². The number of hydrogen-bond donors (Lipinski definition) is 2. The number of quaternary nitrogens is 1. The highest BCUT2D eigenvalue weighted by molar-refractivity contribution is 8.59. The number of hydrogen-bond acceptors (Lipinski definition) is 2. The lowest BCUT2D eigenvalue weighted by Crippen LogP contribution is -2.45. The van der Waals surface area contributed by atoms with Gasteiger partial charge in [-0.25, -0.2) is 0 Å². The molecular weight excluding hydrogens is 273 g/mol. The minimum Gasteiger partial charge on any atom is -0.338 e. The highest BCUT2D eigenvalue weighted by atomic mass is 32.9. The summed E-state index contributed by atoms with van der Waals surface area (Å²) in [5.41, 5.74) is -2.86. The third-order valence-electron chi connectivity index (χ3n) is 3.18. The summed E-state index contributed by atoms with van der Waals surface area (Å²) in [5.74, 6) is 0.530. The van der Waals surface area contributed by atoms with Crippen molar-refractivity contribution in [2.75, 3.05) is 27.7 Å². The molecule has 0 heterocycles. The molecule has 17 heavy (non-hydrogen) atoms. The number of likely N-dealkylation sites (N-methyl/N-ethyl adjacent to an activating group) is 1. The van der Waals surface area contributed by atoms with Crippen molar-refractivity contribution in [2.45, 2.75) is 38.2 Å². The smallest absolute Gasteiger partial charge is 0.242 e. The molecule has 0 spiro atoms. The molecule has 0 amide bonds. The SMILES string of the molecule is C[N+](C)(C)CC(OP(O)(=S)S)C1CCCCC1. The molecule has 1 aliphatic carbocycles. The predicted octanol–water partition coefficient (Wildman–Crippen LogP) is 2.80. The molecule has 0 saturated heterocycles. The van der Waals surface area contributed by atoms with Crippen LogP contribution in [0.1, 0.15) is 32.1 Å². The van der Waals surface area contributed by atoms with E-state index in [0.717, 1.165) is 11.0 Å². The summed E-state index contributed by atoms with van der Waals surface area (Å²) in [6, 6.07) is 0. The van der Waals surface area contributed by atoms with Gasteiger partial charge in [0.05, 0.1) is 21.1 Å². The molecule has 0 radical (unpaired) electrons. The van der Waals surface area contributed by atoms with Gasteiger partial charge in [0, 0.05) is 0 Å². The second-order valence-corrected chi connectivity index (χ2v) is 11.1. The summed E-state index contributed by atoms with van der Waals surface area (Å²) in [5, 5.41) is 0. The van der Waals surface area contributed by atoms with Crippen LogP contribution in [0.3, 0.4) is 0 Å².